The van der Waals surface area contributed by atoms with Crippen molar-refractivity contribution in [2.75, 3.05) is 6.54 Å². The van der Waals surface area contributed by atoms with E-state index in [1.807, 2.05) is 0 Å². The summed E-state index contributed by atoms with van der Waals surface area (Å²) in [6.07, 6.45) is 0.410. The average molecular weight is 157 g/mol. The van der Waals surface area contributed by atoms with Crippen molar-refractivity contribution in [3.05, 3.63) is 12.3 Å². The van der Waals surface area contributed by atoms with Crippen LogP contribution in [0.25, 0.3) is 0 Å². The molecule has 1 fully saturated rings. The van der Waals surface area contributed by atoms with Crippen LogP contribution in [0, 0.1) is 0 Å². The Morgan fingerprint density at radius 1 is 1.73 bits per heavy atom. The van der Waals surface area contributed by atoms with Crippen LogP contribution in [0.4, 0.5) is 0 Å². The molecule has 1 saturated heterocycles. The van der Waals surface area contributed by atoms with Gasteiger partial charge in [-0.1, -0.05) is 0 Å². The van der Waals surface area contributed by atoms with Gasteiger partial charge in [0.05, 0.1) is 13.0 Å². The Balaban J connectivity index is 2.37. The molecular weight excluding hydrogens is 150 g/mol. The van der Waals surface area contributed by atoms with Gasteiger partial charge in [0.1, 0.15) is 0 Å². The van der Waals surface area contributed by atoms with Crippen LogP contribution in [0.1, 0.15) is 6.42 Å². The van der Waals surface area contributed by atoms with E-state index < -0.39 is 11.7 Å². The Morgan fingerprint density at radius 2 is 2.36 bits per heavy atom. The van der Waals surface area contributed by atoms with E-state index in [1.54, 1.807) is 0 Å². The largest absolute Gasteiger partial charge is 0.475 e. The fourth-order valence-electron chi connectivity index (χ4n) is 0.563. The predicted molar refractivity (Wildman–Crippen MR) is 34.2 cm³/mol. The van der Waals surface area contributed by atoms with Crippen molar-refractivity contribution in [3.63, 3.8) is 0 Å². The first kappa shape index (κ1) is 7.59. The van der Waals surface area contributed by atoms with Gasteiger partial charge in [-0.3, -0.25) is 4.79 Å². The molecule has 0 aromatic rings. The van der Waals surface area contributed by atoms with Crippen molar-refractivity contribution >= 4 is 11.9 Å². The molecule has 0 aliphatic carbocycles. The lowest BCUT2D eigenvalue weighted by Gasteiger charge is -2.28. The zero-order valence-electron chi connectivity index (χ0n) is 5.74. The molecule has 0 unspecified atom stereocenters. The molecule has 5 nitrogen and oxygen atoms in total. The van der Waals surface area contributed by atoms with Crippen LogP contribution < -0.4 is 0 Å². The van der Waals surface area contributed by atoms with Crippen molar-refractivity contribution in [1.29, 1.82) is 0 Å². The number of carbonyl (C=O) groups is 2. The van der Waals surface area contributed by atoms with Gasteiger partial charge < -0.3 is 9.94 Å². The number of nitrogens with zero attached hydrogens (tertiary/aromatic N) is 1. The maximum absolute atomic E-state index is 10.6. The minimum Gasteiger partial charge on any atom is -0.475 e. The molecule has 1 amide bonds. The van der Waals surface area contributed by atoms with Crippen molar-refractivity contribution < 1.29 is 19.5 Å². The number of hydroxylamine groups is 2. The lowest BCUT2D eigenvalue weighted by Crippen LogP contribution is -2.43. The Bertz CT molecular complexity index is 223. The Hall–Kier alpha value is -1.52. The first-order chi connectivity index (χ1) is 5.11. The molecule has 1 N–H and O–H groups in total. The van der Waals surface area contributed by atoms with Gasteiger partial charge >= 0.3 is 5.97 Å². The fraction of sp³-hybridized carbons (Fsp3) is 0.333. The zero-order valence-corrected chi connectivity index (χ0v) is 5.74. The SMILES string of the molecule is C=C(ON1CCC1=O)C(=O)O. The quantitative estimate of drug-likeness (QED) is 0.348. The van der Waals surface area contributed by atoms with Crippen molar-refractivity contribution in [2.24, 2.45) is 0 Å². The van der Waals surface area contributed by atoms with Gasteiger partial charge in [-0.25, -0.2) is 4.79 Å². The summed E-state index contributed by atoms with van der Waals surface area (Å²) in [5.74, 6) is -1.91. The number of hydrogen-bond donors (Lipinski definition) is 1. The van der Waals surface area contributed by atoms with Crippen LogP contribution in [0.3, 0.4) is 0 Å². The molecule has 0 atom stereocenters. The van der Waals surface area contributed by atoms with Crippen molar-refractivity contribution in [3.8, 4) is 0 Å². The topological polar surface area (TPSA) is 66.8 Å². The summed E-state index contributed by atoms with van der Waals surface area (Å²) in [4.78, 5) is 25.2. The molecule has 11 heavy (non-hydrogen) atoms. The molecule has 1 rings (SSSR count). The summed E-state index contributed by atoms with van der Waals surface area (Å²) in [6.45, 7) is 3.53. The highest BCUT2D eigenvalue weighted by atomic mass is 16.7. The van der Waals surface area contributed by atoms with Gasteiger partial charge in [0.2, 0.25) is 5.76 Å². The first-order valence-corrected chi connectivity index (χ1v) is 3.02. The third-order valence-corrected chi connectivity index (χ3v) is 1.27. The van der Waals surface area contributed by atoms with E-state index in [-0.39, 0.29) is 5.91 Å². The van der Waals surface area contributed by atoms with Gasteiger partial charge in [0.25, 0.3) is 5.91 Å². The van der Waals surface area contributed by atoms with Crippen LogP contribution in [-0.2, 0) is 14.4 Å². The van der Waals surface area contributed by atoms with E-state index in [1.165, 1.54) is 0 Å². The molecule has 0 saturated carbocycles. The van der Waals surface area contributed by atoms with Gasteiger partial charge in [-0.05, 0) is 6.58 Å². The summed E-state index contributed by atoms with van der Waals surface area (Å²) < 4.78 is 0. The second kappa shape index (κ2) is 2.61. The summed E-state index contributed by atoms with van der Waals surface area (Å²) >= 11 is 0. The second-order valence-electron chi connectivity index (χ2n) is 2.07. The highest BCUT2D eigenvalue weighted by Gasteiger charge is 2.27. The number of carboxylic acids is 1. The molecule has 60 valence electrons. The van der Waals surface area contributed by atoms with Crippen LogP contribution in [0.15, 0.2) is 12.3 Å². The maximum Gasteiger partial charge on any atom is 0.373 e. The zero-order chi connectivity index (χ0) is 8.43. The molecule has 0 spiro atoms. The molecule has 1 aliphatic rings. The molecule has 0 aromatic carbocycles. The molecule has 1 aliphatic heterocycles. The third-order valence-electron chi connectivity index (χ3n) is 1.27. The summed E-state index contributed by atoms with van der Waals surface area (Å²) in [7, 11) is 0. The molecule has 0 bridgehead atoms. The number of hydrogen-bond acceptors (Lipinski definition) is 3. The smallest absolute Gasteiger partial charge is 0.373 e. The maximum atomic E-state index is 10.6. The number of carbonyl (C=O) groups excluding carboxylic acids is 1. The lowest BCUT2D eigenvalue weighted by atomic mass is 10.3. The minimum atomic E-state index is -1.26. The van der Waals surface area contributed by atoms with Crippen LogP contribution in [0.5, 0.6) is 0 Å². The molecule has 1 heterocycles. The minimum absolute atomic E-state index is 0.215. The summed E-state index contributed by atoms with van der Waals surface area (Å²) in [6, 6.07) is 0. The number of rotatable bonds is 3. The van der Waals surface area contributed by atoms with Gasteiger partial charge in [-0.2, -0.15) is 5.06 Å². The summed E-state index contributed by atoms with van der Waals surface area (Å²) in [5.41, 5.74) is 0. The predicted octanol–water partition coefficient (Wildman–Crippen LogP) is -0.251. The lowest BCUT2D eigenvalue weighted by molar-refractivity contribution is -0.195. The monoisotopic (exact) mass is 157 g/mol. The Labute approximate surface area is 62.8 Å². The third kappa shape index (κ3) is 1.49. The van der Waals surface area contributed by atoms with Crippen LogP contribution in [-0.4, -0.2) is 28.6 Å². The molecule has 0 radical (unpaired) electrons. The van der Waals surface area contributed by atoms with E-state index in [0.717, 1.165) is 5.06 Å². The number of amides is 1. The van der Waals surface area contributed by atoms with Crippen LogP contribution in [0.2, 0.25) is 0 Å². The Kier molecular flexibility index (Phi) is 1.80. The number of carboxylic acid groups (broad SMARTS) is 1. The number of β-lactam (4-membered cyclic amide) rings is 1. The van der Waals surface area contributed by atoms with E-state index in [9.17, 15) is 9.59 Å². The molecule has 0 aromatic heterocycles. The molecule has 5 heteroatoms. The fourth-order valence-corrected chi connectivity index (χ4v) is 0.563. The van der Waals surface area contributed by atoms with Gasteiger partial charge in [-0.15, -0.1) is 0 Å². The highest BCUT2D eigenvalue weighted by molar-refractivity contribution is 5.85. The normalized spacial score (nSPS) is 15.6. The van der Waals surface area contributed by atoms with Crippen molar-refractivity contribution in [1.82, 2.24) is 5.06 Å². The number of aliphatic carboxylic acids is 1. The van der Waals surface area contributed by atoms with Crippen molar-refractivity contribution in [2.45, 2.75) is 6.42 Å². The summed E-state index contributed by atoms with van der Waals surface area (Å²) in [5, 5.41) is 9.24. The Morgan fingerprint density at radius 3 is 2.64 bits per heavy atom. The van der Waals surface area contributed by atoms with Gasteiger partial charge in [0, 0.05) is 0 Å². The first-order valence-electron chi connectivity index (χ1n) is 3.02. The van der Waals surface area contributed by atoms with Gasteiger partial charge in [0.15, 0.2) is 0 Å². The second-order valence-corrected chi connectivity index (χ2v) is 2.07. The van der Waals surface area contributed by atoms with Crippen LogP contribution >= 0.6 is 0 Å². The highest BCUT2D eigenvalue weighted by Crippen LogP contribution is 2.11. The van der Waals surface area contributed by atoms with E-state index in [2.05, 4.69) is 11.4 Å². The van der Waals surface area contributed by atoms with E-state index >= 15 is 0 Å². The van der Waals surface area contributed by atoms with E-state index in [0.29, 0.717) is 13.0 Å². The average Bonchev–Trinajstić information content (AvgIpc) is 1.96. The van der Waals surface area contributed by atoms with E-state index in [4.69, 9.17) is 5.11 Å². The molecular formula is C6H7NO4. The standard InChI is InChI=1S/C6H7NO4/c1-4(6(9)10)11-7-3-2-5(7)8/h1-3H2,(H,9,10).